The zero-order chi connectivity index (χ0) is 14.9. The summed E-state index contributed by atoms with van der Waals surface area (Å²) in [5.41, 5.74) is 1.31. The molecule has 1 aromatic carbocycles. The summed E-state index contributed by atoms with van der Waals surface area (Å²) in [4.78, 5) is 8.63. The maximum absolute atomic E-state index is 13.4. The molecule has 0 radical (unpaired) electrons. The van der Waals surface area contributed by atoms with E-state index in [1.807, 2.05) is 0 Å². The average molecular weight is 378 g/mol. The molecule has 1 aromatic heterocycles. The largest absolute Gasteiger partial charge is 0.232 e. The number of hydrogen-bond donors (Lipinski definition) is 0. The minimum atomic E-state index is -0.430. The molecule has 0 atom stereocenters. The van der Waals surface area contributed by atoms with Crippen molar-refractivity contribution in [2.75, 3.05) is 0 Å². The van der Waals surface area contributed by atoms with Crippen molar-refractivity contribution in [1.82, 2.24) is 9.97 Å². The van der Waals surface area contributed by atoms with Gasteiger partial charge in [-0.1, -0.05) is 37.0 Å². The fourth-order valence-electron chi connectivity index (χ4n) is 1.80. The van der Waals surface area contributed by atoms with E-state index < -0.39 is 5.82 Å². The lowest BCUT2D eigenvalue weighted by atomic mass is 10.1. The van der Waals surface area contributed by atoms with Crippen LogP contribution in [0.25, 0.3) is 11.4 Å². The third-order valence-electron chi connectivity index (χ3n) is 2.60. The fraction of sp³-hybridized carbons (Fsp3) is 0.286. The molecule has 6 heteroatoms. The highest BCUT2D eigenvalue weighted by atomic mass is 79.9. The maximum Gasteiger partial charge on any atom is 0.161 e. The standard InChI is InChI=1S/C14H12BrCl2FN2/c1-7(2)3-11-12(15)13(17)20-14(19-11)8-4-9(16)6-10(18)5-8/h4-7H,3H2,1-2H3. The number of aromatic nitrogens is 2. The van der Waals surface area contributed by atoms with Crippen molar-refractivity contribution in [1.29, 1.82) is 0 Å². The van der Waals surface area contributed by atoms with E-state index in [9.17, 15) is 4.39 Å². The van der Waals surface area contributed by atoms with Gasteiger partial charge in [-0.2, -0.15) is 0 Å². The molecule has 0 fully saturated rings. The van der Waals surface area contributed by atoms with Crippen LogP contribution in [-0.4, -0.2) is 9.97 Å². The second-order valence-corrected chi connectivity index (χ2v) is 6.44. The van der Waals surface area contributed by atoms with Crippen LogP contribution in [-0.2, 0) is 6.42 Å². The van der Waals surface area contributed by atoms with Crippen molar-refractivity contribution in [3.63, 3.8) is 0 Å². The quantitative estimate of drug-likeness (QED) is 0.655. The Morgan fingerprint density at radius 2 is 1.90 bits per heavy atom. The lowest BCUT2D eigenvalue weighted by Crippen LogP contribution is -2.03. The van der Waals surface area contributed by atoms with E-state index in [0.717, 1.165) is 12.1 Å². The molecule has 2 rings (SSSR count). The molecule has 0 aliphatic carbocycles. The molecule has 0 aliphatic heterocycles. The van der Waals surface area contributed by atoms with Crippen LogP contribution < -0.4 is 0 Å². The normalized spacial score (nSPS) is 11.2. The highest BCUT2D eigenvalue weighted by Gasteiger charge is 2.14. The molecule has 0 saturated heterocycles. The lowest BCUT2D eigenvalue weighted by Gasteiger charge is -2.10. The Labute approximate surface area is 135 Å². The number of halogens is 4. The van der Waals surface area contributed by atoms with Gasteiger partial charge in [-0.3, -0.25) is 0 Å². The van der Waals surface area contributed by atoms with E-state index in [2.05, 4.69) is 39.7 Å². The number of nitrogens with zero attached hydrogens (tertiary/aromatic N) is 2. The van der Waals surface area contributed by atoms with Crippen LogP contribution in [0.3, 0.4) is 0 Å². The summed E-state index contributed by atoms with van der Waals surface area (Å²) in [5, 5.41) is 0.610. The van der Waals surface area contributed by atoms with Gasteiger partial charge in [0, 0.05) is 10.6 Å². The Kier molecular flexibility index (Phi) is 4.99. The third kappa shape index (κ3) is 3.68. The van der Waals surface area contributed by atoms with Gasteiger partial charge in [0.05, 0.1) is 10.2 Å². The molecule has 2 aromatic rings. The molecule has 20 heavy (non-hydrogen) atoms. The highest BCUT2D eigenvalue weighted by molar-refractivity contribution is 9.10. The molecular weight excluding hydrogens is 366 g/mol. The van der Waals surface area contributed by atoms with Gasteiger partial charge in [0.25, 0.3) is 0 Å². The van der Waals surface area contributed by atoms with Crippen LogP contribution in [0.4, 0.5) is 4.39 Å². The van der Waals surface area contributed by atoms with Gasteiger partial charge in [0.1, 0.15) is 11.0 Å². The third-order valence-corrected chi connectivity index (χ3v) is 4.16. The van der Waals surface area contributed by atoms with E-state index in [1.165, 1.54) is 12.1 Å². The summed E-state index contributed by atoms with van der Waals surface area (Å²) in [6.07, 6.45) is 0.749. The summed E-state index contributed by atoms with van der Waals surface area (Å²) >= 11 is 15.4. The first-order valence-corrected chi connectivity index (χ1v) is 7.60. The molecule has 0 aliphatic rings. The summed E-state index contributed by atoms with van der Waals surface area (Å²) in [7, 11) is 0. The first kappa shape index (κ1) is 15.7. The van der Waals surface area contributed by atoms with Crippen molar-refractivity contribution >= 4 is 39.1 Å². The second kappa shape index (κ2) is 6.37. The molecule has 0 unspecified atom stereocenters. The Morgan fingerprint density at radius 1 is 1.20 bits per heavy atom. The molecule has 2 nitrogen and oxygen atoms in total. The summed E-state index contributed by atoms with van der Waals surface area (Å²) in [6.45, 7) is 4.17. The van der Waals surface area contributed by atoms with Crippen molar-refractivity contribution in [2.24, 2.45) is 5.92 Å². The Hall–Kier alpha value is -0.710. The predicted octanol–water partition coefficient (Wildman–Crippen LogP) is 5.55. The molecule has 0 spiro atoms. The van der Waals surface area contributed by atoms with Crippen LogP contribution in [0, 0.1) is 11.7 Å². The van der Waals surface area contributed by atoms with Crippen LogP contribution in [0.15, 0.2) is 22.7 Å². The summed E-state index contributed by atoms with van der Waals surface area (Å²) < 4.78 is 14.1. The number of rotatable bonds is 3. The van der Waals surface area contributed by atoms with E-state index >= 15 is 0 Å². The van der Waals surface area contributed by atoms with Gasteiger partial charge in [-0.05, 0) is 46.5 Å². The van der Waals surface area contributed by atoms with Crippen LogP contribution in [0.2, 0.25) is 10.2 Å². The molecule has 106 valence electrons. The van der Waals surface area contributed by atoms with E-state index in [-0.39, 0.29) is 0 Å². The van der Waals surface area contributed by atoms with Gasteiger partial charge in [0.15, 0.2) is 5.82 Å². The van der Waals surface area contributed by atoms with Crippen molar-refractivity contribution in [3.8, 4) is 11.4 Å². The number of benzene rings is 1. The monoisotopic (exact) mass is 376 g/mol. The van der Waals surface area contributed by atoms with Crippen LogP contribution >= 0.6 is 39.1 Å². The minimum Gasteiger partial charge on any atom is -0.232 e. The Morgan fingerprint density at radius 3 is 2.50 bits per heavy atom. The van der Waals surface area contributed by atoms with Gasteiger partial charge in [-0.25, -0.2) is 14.4 Å². The van der Waals surface area contributed by atoms with E-state index in [0.29, 0.717) is 32.0 Å². The van der Waals surface area contributed by atoms with Gasteiger partial charge >= 0.3 is 0 Å². The van der Waals surface area contributed by atoms with Crippen molar-refractivity contribution in [3.05, 3.63) is 44.4 Å². The van der Waals surface area contributed by atoms with Crippen LogP contribution in [0.1, 0.15) is 19.5 Å². The second-order valence-electron chi connectivity index (χ2n) is 4.85. The summed E-state index contributed by atoms with van der Waals surface area (Å²) in [6, 6.07) is 4.19. The molecule has 0 bridgehead atoms. The topological polar surface area (TPSA) is 25.8 Å². The first-order valence-electron chi connectivity index (χ1n) is 6.05. The average Bonchev–Trinajstić information content (AvgIpc) is 2.32. The summed E-state index contributed by atoms with van der Waals surface area (Å²) in [5.74, 6) is 0.358. The maximum atomic E-state index is 13.4. The van der Waals surface area contributed by atoms with Crippen molar-refractivity contribution in [2.45, 2.75) is 20.3 Å². The van der Waals surface area contributed by atoms with Gasteiger partial charge < -0.3 is 0 Å². The molecule has 0 N–H and O–H groups in total. The molecule has 0 amide bonds. The minimum absolute atomic E-state index is 0.299. The number of hydrogen-bond acceptors (Lipinski definition) is 2. The first-order chi connectivity index (χ1) is 9.36. The zero-order valence-corrected chi connectivity index (χ0v) is 14.0. The molecular formula is C14H12BrCl2FN2. The smallest absolute Gasteiger partial charge is 0.161 e. The van der Waals surface area contributed by atoms with Gasteiger partial charge in [0.2, 0.25) is 0 Å². The van der Waals surface area contributed by atoms with Gasteiger partial charge in [-0.15, -0.1) is 0 Å². The highest BCUT2D eigenvalue weighted by Crippen LogP contribution is 2.29. The van der Waals surface area contributed by atoms with Crippen LogP contribution in [0.5, 0.6) is 0 Å². The van der Waals surface area contributed by atoms with Crippen molar-refractivity contribution < 1.29 is 4.39 Å². The predicted molar refractivity (Wildman–Crippen MR) is 83.7 cm³/mol. The SMILES string of the molecule is CC(C)Cc1nc(-c2cc(F)cc(Cl)c2)nc(Cl)c1Br. The fourth-order valence-corrected chi connectivity index (χ4v) is 2.55. The molecule has 0 saturated carbocycles. The van der Waals surface area contributed by atoms with E-state index in [4.69, 9.17) is 23.2 Å². The lowest BCUT2D eigenvalue weighted by molar-refractivity contribution is 0.627. The molecule has 1 heterocycles. The zero-order valence-electron chi connectivity index (χ0n) is 10.9. The van der Waals surface area contributed by atoms with E-state index in [1.54, 1.807) is 6.07 Å². The Bertz CT molecular complexity index is 627. The Balaban J connectivity index is 2.54.